The van der Waals surface area contributed by atoms with E-state index in [0.717, 1.165) is 38.8 Å². The maximum Gasteiger partial charge on any atom is 0.0699 e. The van der Waals surface area contributed by atoms with Crippen molar-refractivity contribution >= 4 is 12.4 Å². The lowest BCUT2D eigenvalue weighted by Gasteiger charge is -2.34. The molecule has 0 amide bonds. The van der Waals surface area contributed by atoms with E-state index >= 15 is 0 Å². The average molecular weight is 305 g/mol. The molecule has 4 atom stereocenters. The van der Waals surface area contributed by atoms with Crippen molar-refractivity contribution in [3.05, 3.63) is 0 Å². The molecule has 3 fully saturated rings. The molecule has 4 unspecified atom stereocenters. The van der Waals surface area contributed by atoms with E-state index in [2.05, 4.69) is 10.6 Å². The van der Waals surface area contributed by atoms with Crippen molar-refractivity contribution in [1.82, 2.24) is 10.6 Å². The van der Waals surface area contributed by atoms with Crippen LogP contribution in [0.1, 0.15) is 38.5 Å². The fourth-order valence-corrected chi connectivity index (χ4v) is 3.84. The molecule has 2 heterocycles. The van der Waals surface area contributed by atoms with Crippen molar-refractivity contribution in [2.45, 2.75) is 56.7 Å². The number of rotatable bonds is 4. The molecule has 3 rings (SSSR count). The number of halogens is 1. The Morgan fingerprint density at radius 3 is 2.75 bits per heavy atom. The van der Waals surface area contributed by atoms with Crippen molar-refractivity contribution in [3.8, 4) is 0 Å². The van der Waals surface area contributed by atoms with Gasteiger partial charge in [-0.1, -0.05) is 6.42 Å². The molecular formula is C15H29ClN2O2. The van der Waals surface area contributed by atoms with Gasteiger partial charge in [0.25, 0.3) is 0 Å². The monoisotopic (exact) mass is 304 g/mol. The Morgan fingerprint density at radius 1 is 1.05 bits per heavy atom. The van der Waals surface area contributed by atoms with Crippen LogP contribution in [0.3, 0.4) is 0 Å². The zero-order valence-electron chi connectivity index (χ0n) is 12.3. The third kappa shape index (κ3) is 4.31. The molecule has 0 aromatic rings. The first-order chi connectivity index (χ1) is 9.43. The van der Waals surface area contributed by atoms with Crippen molar-refractivity contribution in [2.75, 3.05) is 32.9 Å². The van der Waals surface area contributed by atoms with E-state index in [-0.39, 0.29) is 12.4 Å². The molecule has 4 nitrogen and oxygen atoms in total. The summed E-state index contributed by atoms with van der Waals surface area (Å²) < 4.78 is 11.4. The van der Waals surface area contributed by atoms with Crippen LogP contribution in [-0.4, -0.2) is 51.1 Å². The molecule has 118 valence electrons. The van der Waals surface area contributed by atoms with Gasteiger partial charge in [-0.2, -0.15) is 0 Å². The van der Waals surface area contributed by atoms with Crippen LogP contribution in [0.25, 0.3) is 0 Å². The summed E-state index contributed by atoms with van der Waals surface area (Å²) in [6.07, 6.45) is 8.26. The van der Waals surface area contributed by atoms with Gasteiger partial charge in [-0.25, -0.2) is 0 Å². The summed E-state index contributed by atoms with van der Waals surface area (Å²) in [6, 6.07) is 1.21. The van der Waals surface area contributed by atoms with Crippen LogP contribution < -0.4 is 10.6 Å². The van der Waals surface area contributed by atoms with Gasteiger partial charge in [0.05, 0.1) is 19.3 Å². The van der Waals surface area contributed by atoms with Gasteiger partial charge in [-0.05, 0) is 38.0 Å². The van der Waals surface area contributed by atoms with Crippen LogP contribution in [0.2, 0.25) is 0 Å². The van der Waals surface area contributed by atoms with E-state index in [1.165, 1.54) is 38.5 Å². The van der Waals surface area contributed by atoms with Crippen LogP contribution in [0.5, 0.6) is 0 Å². The van der Waals surface area contributed by atoms with Crippen LogP contribution in [0.4, 0.5) is 0 Å². The van der Waals surface area contributed by atoms with Crippen LogP contribution in [0.15, 0.2) is 0 Å². The minimum Gasteiger partial charge on any atom is -0.379 e. The molecule has 1 saturated carbocycles. The normalized spacial score (nSPS) is 38.4. The standard InChI is InChI=1S/C15H28N2O2.ClH/c1-2-8-19-12(4-1)10-17-14-6-3-5-13(14)15-11-18-9-7-16-15;/h12-17H,1-11H2;1H. The lowest BCUT2D eigenvalue weighted by Crippen LogP contribution is -2.51. The smallest absolute Gasteiger partial charge is 0.0699 e. The molecule has 0 bridgehead atoms. The largest absolute Gasteiger partial charge is 0.379 e. The van der Waals surface area contributed by atoms with Gasteiger partial charge < -0.3 is 20.1 Å². The summed E-state index contributed by atoms with van der Waals surface area (Å²) in [7, 11) is 0. The van der Waals surface area contributed by atoms with Gasteiger partial charge >= 0.3 is 0 Å². The second kappa shape index (κ2) is 8.54. The van der Waals surface area contributed by atoms with Gasteiger partial charge in [0, 0.05) is 31.8 Å². The fraction of sp³-hybridized carbons (Fsp3) is 1.00. The van der Waals surface area contributed by atoms with Gasteiger partial charge in [-0.15, -0.1) is 12.4 Å². The topological polar surface area (TPSA) is 42.5 Å². The van der Waals surface area contributed by atoms with Gasteiger partial charge in [0.15, 0.2) is 0 Å². The highest BCUT2D eigenvalue weighted by molar-refractivity contribution is 5.85. The van der Waals surface area contributed by atoms with E-state index in [1.807, 2.05) is 0 Å². The maximum absolute atomic E-state index is 5.82. The van der Waals surface area contributed by atoms with Crippen molar-refractivity contribution in [3.63, 3.8) is 0 Å². The second-order valence-electron chi connectivity index (χ2n) is 6.23. The van der Waals surface area contributed by atoms with E-state index in [9.17, 15) is 0 Å². The van der Waals surface area contributed by atoms with E-state index < -0.39 is 0 Å². The Hall–Kier alpha value is 0.130. The van der Waals surface area contributed by atoms with E-state index in [0.29, 0.717) is 18.2 Å². The Morgan fingerprint density at radius 2 is 2.00 bits per heavy atom. The van der Waals surface area contributed by atoms with E-state index in [1.54, 1.807) is 0 Å². The fourth-order valence-electron chi connectivity index (χ4n) is 3.84. The highest BCUT2D eigenvalue weighted by atomic mass is 35.5. The Bertz CT molecular complexity index is 269. The first kappa shape index (κ1) is 16.5. The van der Waals surface area contributed by atoms with Crippen molar-refractivity contribution < 1.29 is 9.47 Å². The molecule has 1 aliphatic carbocycles. The predicted molar refractivity (Wildman–Crippen MR) is 82.6 cm³/mol. The highest BCUT2D eigenvalue weighted by Gasteiger charge is 2.34. The van der Waals surface area contributed by atoms with E-state index in [4.69, 9.17) is 9.47 Å². The number of hydrogen-bond donors (Lipinski definition) is 2. The predicted octanol–water partition coefficient (Wildman–Crippen LogP) is 1.72. The third-order valence-electron chi connectivity index (χ3n) is 4.92. The summed E-state index contributed by atoms with van der Waals surface area (Å²) >= 11 is 0. The number of hydrogen-bond acceptors (Lipinski definition) is 4. The zero-order valence-corrected chi connectivity index (χ0v) is 13.1. The highest BCUT2D eigenvalue weighted by Crippen LogP contribution is 2.29. The molecule has 2 aliphatic heterocycles. The molecule has 0 radical (unpaired) electrons. The number of nitrogens with one attached hydrogen (secondary N) is 2. The summed E-state index contributed by atoms with van der Waals surface area (Å²) in [5, 5.41) is 7.41. The number of ether oxygens (including phenoxy) is 2. The molecule has 5 heteroatoms. The van der Waals surface area contributed by atoms with Crippen LogP contribution in [-0.2, 0) is 9.47 Å². The molecule has 0 spiro atoms. The van der Waals surface area contributed by atoms with Gasteiger partial charge in [0.2, 0.25) is 0 Å². The average Bonchev–Trinajstić information content (AvgIpc) is 2.95. The van der Waals surface area contributed by atoms with Crippen LogP contribution in [0, 0.1) is 5.92 Å². The lowest BCUT2D eigenvalue weighted by atomic mass is 9.93. The first-order valence-corrected chi connectivity index (χ1v) is 8.09. The summed E-state index contributed by atoms with van der Waals surface area (Å²) in [6.45, 7) is 4.77. The summed E-state index contributed by atoms with van der Waals surface area (Å²) in [4.78, 5) is 0. The minimum absolute atomic E-state index is 0. The Kier molecular flexibility index (Phi) is 7.05. The minimum atomic E-state index is 0. The molecule has 3 aliphatic rings. The maximum atomic E-state index is 5.82. The molecule has 0 aromatic heterocycles. The Labute approximate surface area is 128 Å². The zero-order chi connectivity index (χ0) is 12.9. The molecule has 20 heavy (non-hydrogen) atoms. The summed E-state index contributed by atoms with van der Waals surface area (Å²) in [5.41, 5.74) is 0. The summed E-state index contributed by atoms with van der Waals surface area (Å²) in [5.74, 6) is 0.740. The first-order valence-electron chi connectivity index (χ1n) is 8.09. The molecule has 0 aromatic carbocycles. The molecular weight excluding hydrogens is 276 g/mol. The molecule has 2 saturated heterocycles. The quantitative estimate of drug-likeness (QED) is 0.830. The second-order valence-corrected chi connectivity index (χ2v) is 6.23. The van der Waals surface area contributed by atoms with Crippen molar-refractivity contribution in [1.29, 1.82) is 0 Å². The third-order valence-corrected chi connectivity index (χ3v) is 4.92. The molecule has 2 N–H and O–H groups in total. The van der Waals surface area contributed by atoms with Gasteiger partial charge in [0.1, 0.15) is 0 Å². The van der Waals surface area contributed by atoms with Crippen molar-refractivity contribution in [2.24, 2.45) is 5.92 Å². The Balaban J connectivity index is 0.00000147. The van der Waals surface area contributed by atoms with Gasteiger partial charge in [-0.3, -0.25) is 0 Å². The van der Waals surface area contributed by atoms with Crippen LogP contribution >= 0.6 is 12.4 Å². The number of morpholine rings is 1. The lowest BCUT2D eigenvalue weighted by molar-refractivity contribution is 0.0122. The SMILES string of the molecule is C1CCC(CNC2CCCC2C2COCCN2)OC1.Cl.